The van der Waals surface area contributed by atoms with Gasteiger partial charge in [-0.25, -0.2) is 4.79 Å². The van der Waals surface area contributed by atoms with Crippen LogP contribution in [0.15, 0.2) is 22.9 Å². The first-order valence-electron chi connectivity index (χ1n) is 5.74. The fourth-order valence-corrected chi connectivity index (χ4v) is 3.25. The van der Waals surface area contributed by atoms with Gasteiger partial charge in [0.15, 0.2) is 0 Å². The molecule has 0 aliphatic carbocycles. The van der Waals surface area contributed by atoms with Gasteiger partial charge in [-0.1, -0.05) is 0 Å². The van der Waals surface area contributed by atoms with Crippen molar-refractivity contribution in [1.82, 2.24) is 10.6 Å². The zero-order valence-electron chi connectivity index (χ0n) is 10.4. The molecule has 0 fully saturated rings. The molecule has 2 aromatic rings. The van der Waals surface area contributed by atoms with Gasteiger partial charge in [-0.15, -0.1) is 22.7 Å². The molecule has 96 valence electrons. The van der Waals surface area contributed by atoms with Gasteiger partial charge in [0.25, 0.3) is 0 Å². The third-order valence-electron chi connectivity index (χ3n) is 2.76. The Morgan fingerprint density at radius 2 is 1.44 bits per heavy atom. The van der Waals surface area contributed by atoms with Gasteiger partial charge in [-0.05, 0) is 47.9 Å². The number of hydrogen-bond acceptors (Lipinski definition) is 3. The minimum atomic E-state index is -0.115. The molecule has 0 unspecified atom stereocenters. The molecule has 5 heteroatoms. The molecule has 0 spiro atoms. The number of hydrogen-bond donors (Lipinski definition) is 2. The molecule has 2 rings (SSSR count). The van der Waals surface area contributed by atoms with Crippen LogP contribution in [-0.4, -0.2) is 6.03 Å². The third-order valence-corrected chi connectivity index (χ3v) is 4.80. The second-order valence-electron chi connectivity index (χ2n) is 4.09. The number of aryl methyl sites for hydroxylation is 2. The van der Waals surface area contributed by atoms with E-state index in [1.807, 2.05) is 10.8 Å². The molecular weight excluding hydrogens is 264 g/mol. The average Bonchev–Trinajstić information content (AvgIpc) is 2.93. The van der Waals surface area contributed by atoms with Gasteiger partial charge >= 0.3 is 6.03 Å². The predicted octanol–water partition coefficient (Wildman–Crippen LogP) is 3.43. The van der Waals surface area contributed by atoms with Crippen LogP contribution in [0.3, 0.4) is 0 Å². The quantitative estimate of drug-likeness (QED) is 0.885. The van der Waals surface area contributed by atoms with Gasteiger partial charge in [-0.2, -0.15) is 0 Å². The van der Waals surface area contributed by atoms with Crippen molar-refractivity contribution in [2.24, 2.45) is 0 Å². The SMILES string of the molecule is Cc1ccsc1CNC(=O)NCc1sccc1C. The second-order valence-corrected chi connectivity index (χ2v) is 6.09. The molecule has 0 atom stereocenters. The average molecular weight is 280 g/mol. The molecular formula is C13H16N2OS2. The van der Waals surface area contributed by atoms with Crippen LogP contribution in [0.4, 0.5) is 4.79 Å². The fourth-order valence-electron chi connectivity index (χ4n) is 1.55. The molecule has 0 bridgehead atoms. The van der Waals surface area contributed by atoms with E-state index >= 15 is 0 Å². The zero-order chi connectivity index (χ0) is 13.0. The molecule has 3 nitrogen and oxygen atoms in total. The van der Waals surface area contributed by atoms with Crippen molar-refractivity contribution >= 4 is 28.7 Å². The van der Waals surface area contributed by atoms with E-state index in [1.54, 1.807) is 22.7 Å². The van der Waals surface area contributed by atoms with E-state index in [4.69, 9.17) is 0 Å². The zero-order valence-corrected chi connectivity index (χ0v) is 12.1. The normalized spacial score (nSPS) is 10.3. The summed E-state index contributed by atoms with van der Waals surface area (Å²) in [6.07, 6.45) is 0. The van der Waals surface area contributed by atoms with Crippen molar-refractivity contribution in [3.63, 3.8) is 0 Å². The molecule has 0 aliphatic heterocycles. The first kappa shape index (κ1) is 13.1. The van der Waals surface area contributed by atoms with Crippen LogP contribution in [0.5, 0.6) is 0 Å². The molecule has 0 saturated carbocycles. The predicted molar refractivity (Wildman–Crippen MR) is 77.2 cm³/mol. The molecule has 0 aliphatic rings. The van der Waals surface area contributed by atoms with E-state index in [1.165, 1.54) is 20.9 Å². The highest BCUT2D eigenvalue weighted by atomic mass is 32.1. The summed E-state index contributed by atoms with van der Waals surface area (Å²) < 4.78 is 0. The van der Waals surface area contributed by atoms with Gasteiger partial charge in [0.2, 0.25) is 0 Å². The van der Waals surface area contributed by atoms with Crippen LogP contribution >= 0.6 is 22.7 Å². The lowest BCUT2D eigenvalue weighted by atomic mass is 10.3. The lowest BCUT2D eigenvalue weighted by Gasteiger charge is -2.07. The summed E-state index contributed by atoms with van der Waals surface area (Å²) >= 11 is 3.34. The smallest absolute Gasteiger partial charge is 0.315 e. The first-order chi connectivity index (χ1) is 8.66. The maximum Gasteiger partial charge on any atom is 0.315 e. The highest BCUT2D eigenvalue weighted by molar-refractivity contribution is 7.10. The summed E-state index contributed by atoms with van der Waals surface area (Å²) in [5.41, 5.74) is 2.46. The van der Waals surface area contributed by atoms with Gasteiger partial charge in [0, 0.05) is 9.75 Å². The number of urea groups is 1. The van der Waals surface area contributed by atoms with Gasteiger partial charge < -0.3 is 10.6 Å². The first-order valence-corrected chi connectivity index (χ1v) is 7.50. The van der Waals surface area contributed by atoms with Gasteiger partial charge in [0.1, 0.15) is 0 Å². The number of thiophene rings is 2. The highest BCUT2D eigenvalue weighted by Gasteiger charge is 2.05. The largest absolute Gasteiger partial charge is 0.333 e. The molecule has 2 N–H and O–H groups in total. The summed E-state index contributed by atoms with van der Waals surface area (Å²) in [6.45, 7) is 5.30. The van der Waals surface area contributed by atoms with Crippen molar-refractivity contribution in [3.8, 4) is 0 Å². The molecule has 0 aromatic carbocycles. The fraction of sp³-hybridized carbons (Fsp3) is 0.308. The summed E-state index contributed by atoms with van der Waals surface area (Å²) in [5.74, 6) is 0. The topological polar surface area (TPSA) is 41.1 Å². The second kappa shape index (κ2) is 6.02. The summed E-state index contributed by atoms with van der Waals surface area (Å²) in [6, 6.07) is 4.01. The van der Waals surface area contributed by atoms with E-state index in [-0.39, 0.29) is 6.03 Å². The van der Waals surface area contributed by atoms with E-state index in [2.05, 4.69) is 36.6 Å². The van der Waals surface area contributed by atoms with E-state index in [9.17, 15) is 4.79 Å². The Hall–Kier alpha value is -1.33. The van der Waals surface area contributed by atoms with E-state index in [0.29, 0.717) is 13.1 Å². The van der Waals surface area contributed by atoms with Crippen molar-refractivity contribution in [2.75, 3.05) is 0 Å². The number of amides is 2. The Morgan fingerprint density at radius 3 is 1.78 bits per heavy atom. The van der Waals surface area contributed by atoms with E-state index < -0.39 is 0 Å². The number of carbonyl (C=O) groups is 1. The van der Waals surface area contributed by atoms with Crippen LogP contribution in [0.2, 0.25) is 0 Å². The molecule has 0 saturated heterocycles. The molecule has 2 heterocycles. The minimum Gasteiger partial charge on any atom is -0.333 e. The minimum absolute atomic E-state index is 0.115. The van der Waals surface area contributed by atoms with E-state index in [0.717, 1.165) is 0 Å². The Balaban J connectivity index is 1.76. The van der Waals surface area contributed by atoms with Gasteiger partial charge in [0.05, 0.1) is 13.1 Å². The monoisotopic (exact) mass is 280 g/mol. The summed E-state index contributed by atoms with van der Waals surface area (Å²) in [7, 11) is 0. The standard InChI is InChI=1S/C13H16N2OS2/c1-9-3-5-17-11(9)7-14-13(16)15-8-12-10(2)4-6-18-12/h3-6H,7-8H2,1-2H3,(H2,14,15,16). The van der Waals surface area contributed by atoms with Crippen LogP contribution in [0.1, 0.15) is 20.9 Å². The summed E-state index contributed by atoms with van der Waals surface area (Å²) in [4.78, 5) is 14.1. The van der Waals surface area contributed by atoms with Crippen LogP contribution in [0, 0.1) is 13.8 Å². The van der Waals surface area contributed by atoms with Crippen molar-refractivity contribution in [2.45, 2.75) is 26.9 Å². The molecule has 2 amide bonds. The highest BCUT2D eigenvalue weighted by Crippen LogP contribution is 2.15. The Morgan fingerprint density at radius 1 is 1.00 bits per heavy atom. The Kier molecular flexibility index (Phi) is 4.38. The molecule has 2 aromatic heterocycles. The van der Waals surface area contributed by atoms with Gasteiger partial charge in [-0.3, -0.25) is 0 Å². The van der Waals surface area contributed by atoms with Crippen molar-refractivity contribution < 1.29 is 4.79 Å². The Labute approximate surface area is 115 Å². The van der Waals surface area contributed by atoms with Crippen molar-refractivity contribution in [3.05, 3.63) is 43.8 Å². The number of carbonyl (C=O) groups excluding carboxylic acids is 1. The lowest BCUT2D eigenvalue weighted by Crippen LogP contribution is -2.34. The molecule has 0 radical (unpaired) electrons. The Bertz CT molecular complexity index is 484. The maximum atomic E-state index is 11.6. The lowest BCUT2D eigenvalue weighted by molar-refractivity contribution is 0.240. The number of rotatable bonds is 4. The van der Waals surface area contributed by atoms with Crippen LogP contribution < -0.4 is 10.6 Å². The molecule has 18 heavy (non-hydrogen) atoms. The summed E-state index contributed by atoms with van der Waals surface area (Å²) in [5, 5.41) is 9.83. The maximum absolute atomic E-state index is 11.6. The van der Waals surface area contributed by atoms with Crippen LogP contribution in [-0.2, 0) is 13.1 Å². The number of nitrogens with one attached hydrogen (secondary N) is 2. The third kappa shape index (κ3) is 3.34. The van der Waals surface area contributed by atoms with Crippen molar-refractivity contribution in [1.29, 1.82) is 0 Å². The van der Waals surface area contributed by atoms with Crippen LogP contribution in [0.25, 0.3) is 0 Å².